The largest absolute Gasteiger partial charge is 0.271 e. The molecule has 0 heterocycles. The maximum absolute atomic E-state index is 5.43. The first-order chi connectivity index (χ1) is 6.15. The molecule has 0 radical (unpaired) electrons. The summed E-state index contributed by atoms with van der Waals surface area (Å²) < 4.78 is 0. The molecule has 3 N–H and O–H groups in total. The first-order valence-corrected chi connectivity index (χ1v) is 4.33. The lowest BCUT2D eigenvalue weighted by molar-refractivity contribution is 0.627. The zero-order valence-electron chi connectivity index (χ0n) is 8.17. The maximum atomic E-state index is 5.43. The number of hydrogen-bond acceptors (Lipinski definition) is 2. The third-order valence-corrected chi connectivity index (χ3v) is 2.07. The lowest BCUT2D eigenvalue weighted by Gasteiger charge is -2.16. The fourth-order valence-corrected chi connectivity index (χ4v) is 1.28. The van der Waals surface area contributed by atoms with E-state index in [0.717, 1.165) is 11.1 Å². The van der Waals surface area contributed by atoms with Crippen LogP contribution in [0, 0.1) is 6.92 Å². The highest BCUT2D eigenvalue weighted by Gasteiger charge is 2.08. The van der Waals surface area contributed by atoms with Crippen molar-refractivity contribution in [3.8, 4) is 0 Å². The molecule has 0 aliphatic rings. The van der Waals surface area contributed by atoms with Crippen LogP contribution in [0.3, 0.4) is 0 Å². The molecule has 70 valence electrons. The van der Waals surface area contributed by atoms with Gasteiger partial charge in [-0.1, -0.05) is 42.0 Å². The van der Waals surface area contributed by atoms with Gasteiger partial charge in [-0.2, -0.15) is 0 Å². The van der Waals surface area contributed by atoms with E-state index in [1.165, 1.54) is 5.56 Å². The van der Waals surface area contributed by atoms with E-state index in [0.29, 0.717) is 0 Å². The van der Waals surface area contributed by atoms with Gasteiger partial charge in [0.05, 0.1) is 6.04 Å². The van der Waals surface area contributed by atoms with Crippen molar-refractivity contribution in [3.63, 3.8) is 0 Å². The molecule has 1 aromatic carbocycles. The van der Waals surface area contributed by atoms with Crippen LogP contribution >= 0.6 is 0 Å². The van der Waals surface area contributed by atoms with Crippen molar-refractivity contribution in [2.24, 2.45) is 5.84 Å². The molecule has 13 heavy (non-hydrogen) atoms. The molecule has 2 nitrogen and oxygen atoms in total. The lowest BCUT2D eigenvalue weighted by Crippen LogP contribution is -2.28. The van der Waals surface area contributed by atoms with Crippen LogP contribution in [0.25, 0.3) is 0 Å². The van der Waals surface area contributed by atoms with Gasteiger partial charge in [-0.05, 0) is 19.4 Å². The summed E-state index contributed by atoms with van der Waals surface area (Å²) in [4.78, 5) is 0. The number of aryl methyl sites for hydroxylation is 1. The Balaban J connectivity index is 2.92. The van der Waals surface area contributed by atoms with E-state index in [1.807, 2.05) is 6.92 Å². The highest BCUT2D eigenvalue weighted by molar-refractivity contribution is 5.28. The number of benzene rings is 1. The zero-order chi connectivity index (χ0) is 9.84. The molecular formula is C11H16N2. The van der Waals surface area contributed by atoms with E-state index in [2.05, 4.69) is 43.2 Å². The number of hydrazine groups is 1. The predicted molar refractivity (Wildman–Crippen MR) is 56.1 cm³/mol. The van der Waals surface area contributed by atoms with Gasteiger partial charge in [0, 0.05) is 0 Å². The van der Waals surface area contributed by atoms with E-state index in [9.17, 15) is 0 Å². The van der Waals surface area contributed by atoms with Gasteiger partial charge in [-0.15, -0.1) is 0 Å². The summed E-state index contributed by atoms with van der Waals surface area (Å²) >= 11 is 0. The van der Waals surface area contributed by atoms with Crippen molar-refractivity contribution in [1.29, 1.82) is 0 Å². The minimum Gasteiger partial charge on any atom is -0.271 e. The highest BCUT2D eigenvalue weighted by Crippen LogP contribution is 2.18. The third-order valence-electron chi connectivity index (χ3n) is 2.07. The van der Waals surface area contributed by atoms with Gasteiger partial charge < -0.3 is 0 Å². The van der Waals surface area contributed by atoms with E-state index in [-0.39, 0.29) is 6.04 Å². The molecule has 0 spiro atoms. The Kier molecular flexibility index (Phi) is 3.23. The second-order valence-electron chi connectivity index (χ2n) is 3.36. The summed E-state index contributed by atoms with van der Waals surface area (Å²) in [6.07, 6.45) is 0. The Labute approximate surface area is 79.4 Å². The molecule has 0 amide bonds. The molecule has 0 aliphatic heterocycles. The van der Waals surface area contributed by atoms with Gasteiger partial charge in [0.15, 0.2) is 0 Å². The molecule has 0 aliphatic carbocycles. The molecule has 1 unspecified atom stereocenters. The maximum Gasteiger partial charge on any atom is 0.0664 e. The Hall–Kier alpha value is -1.12. The normalized spacial score (nSPS) is 12.5. The molecule has 1 atom stereocenters. The molecule has 2 heteroatoms. The molecular weight excluding hydrogens is 160 g/mol. The summed E-state index contributed by atoms with van der Waals surface area (Å²) in [6.45, 7) is 7.91. The van der Waals surface area contributed by atoms with Gasteiger partial charge in [0.25, 0.3) is 0 Å². The molecule has 0 aromatic heterocycles. The van der Waals surface area contributed by atoms with Crippen LogP contribution in [-0.4, -0.2) is 0 Å². The summed E-state index contributed by atoms with van der Waals surface area (Å²) in [7, 11) is 0. The van der Waals surface area contributed by atoms with Gasteiger partial charge in [0.2, 0.25) is 0 Å². The fraction of sp³-hybridized carbons (Fsp3) is 0.273. The summed E-state index contributed by atoms with van der Waals surface area (Å²) in [5.41, 5.74) is 6.16. The fourth-order valence-electron chi connectivity index (χ4n) is 1.28. The molecule has 1 aromatic rings. The second kappa shape index (κ2) is 4.21. The Bertz CT molecular complexity index is 287. The van der Waals surface area contributed by atoms with Crippen molar-refractivity contribution in [3.05, 3.63) is 47.5 Å². The smallest absolute Gasteiger partial charge is 0.0664 e. The summed E-state index contributed by atoms with van der Waals surface area (Å²) in [6, 6.07) is 8.33. The SMILES string of the molecule is C=C(C)C(NN)c1ccc(C)cc1. The van der Waals surface area contributed by atoms with Crippen molar-refractivity contribution < 1.29 is 0 Å². The van der Waals surface area contributed by atoms with Crippen molar-refractivity contribution >= 4 is 0 Å². The monoisotopic (exact) mass is 176 g/mol. The van der Waals surface area contributed by atoms with Crippen LogP contribution in [0.1, 0.15) is 24.1 Å². The first-order valence-electron chi connectivity index (χ1n) is 4.33. The minimum atomic E-state index is 0.0561. The minimum absolute atomic E-state index is 0.0561. The average molecular weight is 176 g/mol. The zero-order valence-corrected chi connectivity index (χ0v) is 8.17. The molecule has 1 rings (SSSR count). The Morgan fingerprint density at radius 3 is 2.31 bits per heavy atom. The van der Waals surface area contributed by atoms with Crippen LogP contribution in [0.15, 0.2) is 36.4 Å². The Morgan fingerprint density at radius 1 is 1.38 bits per heavy atom. The van der Waals surface area contributed by atoms with Gasteiger partial charge in [-0.3, -0.25) is 5.84 Å². The number of hydrogen-bond donors (Lipinski definition) is 2. The van der Waals surface area contributed by atoms with Crippen LogP contribution < -0.4 is 11.3 Å². The second-order valence-corrected chi connectivity index (χ2v) is 3.36. The topological polar surface area (TPSA) is 38.0 Å². The van der Waals surface area contributed by atoms with Crippen LogP contribution in [0.5, 0.6) is 0 Å². The van der Waals surface area contributed by atoms with Crippen molar-refractivity contribution in [2.75, 3.05) is 0 Å². The van der Waals surface area contributed by atoms with Gasteiger partial charge in [0.1, 0.15) is 0 Å². The predicted octanol–water partition coefficient (Wildman–Crippen LogP) is 2.08. The number of rotatable bonds is 3. The van der Waals surface area contributed by atoms with Crippen molar-refractivity contribution in [2.45, 2.75) is 19.9 Å². The summed E-state index contributed by atoms with van der Waals surface area (Å²) in [5, 5.41) is 0. The third kappa shape index (κ3) is 2.41. The van der Waals surface area contributed by atoms with Crippen LogP contribution in [0.4, 0.5) is 0 Å². The molecule has 0 saturated heterocycles. The van der Waals surface area contributed by atoms with Crippen LogP contribution in [-0.2, 0) is 0 Å². The molecule has 0 bridgehead atoms. The lowest BCUT2D eigenvalue weighted by atomic mass is 10.0. The van der Waals surface area contributed by atoms with Crippen LogP contribution in [0.2, 0.25) is 0 Å². The number of nitrogens with one attached hydrogen (secondary N) is 1. The Morgan fingerprint density at radius 2 is 1.92 bits per heavy atom. The average Bonchev–Trinajstić information content (AvgIpc) is 2.09. The number of nitrogens with two attached hydrogens (primary N) is 1. The van der Waals surface area contributed by atoms with Crippen molar-refractivity contribution in [1.82, 2.24) is 5.43 Å². The van der Waals surface area contributed by atoms with E-state index in [4.69, 9.17) is 5.84 Å². The van der Waals surface area contributed by atoms with E-state index >= 15 is 0 Å². The quantitative estimate of drug-likeness (QED) is 0.420. The molecule has 0 saturated carbocycles. The highest BCUT2D eigenvalue weighted by atomic mass is 15.2. The van der Waals surface area contributed by atoms with E-state index in [1.54, 1.807) is 0 Å². The first kappa shape index (κ1) is 9.96. The molecule has 0 fully saturated rings. The van der Waals surface area contributed by atoms with Gasteiger partial charge >= 0.3 is 0 Å². The van der Waals surface area contributed by atoms with Gasteiger partial charge in [-0.25, -0.2) is 5.43 Å². The van der Waals surface area contributed by atoms with E-state index < -0.39 is 0 Å². The standard InChI is InChI=1S/C11H16N2/c1-8(2)11(13-12)10-6-4-9(3)5-7-10/h4-7,11,13H,1,12H2,2-3H3. The summed E-state index contributed by atoms with van der Waals surface area (Å²) in [5.74, 6) is 5.43.